The molecule has 1 aromatic rings. The fraction of sp³-hybridized carbons (Fsp3) is 0.571. The van der Waals surface area contributed by atoms with Crippen molar-refractivity contribution in [3.05, 3.63) is 29.6 Å². The molecule has 1 fully saturated rings. The summed E-state index contributed by atoms with van der Waals surface area (Å²) in [6, 6.07) is 4.12. The zero-order chi connectivity index (χ0) is 13.0. The third-order valence-electron chi connectivity index (χ3n) is 3.63. The fourth-order valence-electron chi connectivity index (χ4n) is 2.43. The lowest BCUT2D eigenvalue weighted by Gasteiger charge is -2.27. The van der Waals surface area contributed by atoms with Crippen molar-refractivity contribution in [3.63, 3.8) is 0 Å². The average molecular weight is 320 g/mol. The van der Waals surface area contributed by atoms with E-state index in [0.717, 1.165) is 37.9 Å². The van der Waals surface area contributed by atoms with Crippen molar-refractivity contribution in [3.8, 4) is 0 Å². The van der Waals surface area contributed by atoms with E-state index in [4.69, 9.17) is 0 Å². The Bertz CT molecular complexity index is 421. The van der Waals surface area contributed by atoms with Gasteiger partial charge in [0.1, 0.15) is 5.69 Å². The van der Waals surface area contributed by atoms with E-state index in [1.165, 1.54) is 0 Å². The van der Waals surface area contributed by atoms with Gasteiger partial charge in [0, 0.05) is 19.3 Å². The Hall–Kier alpha value is -0.840. The van der Waals surface area contributed by atoms with Crippen LogP contribution in [0.3, 0.4) is 0 Å². The van der Waals surface area contributed by atoms with Gasteiger partial charge in [-0.2, -0.15) is 0 Å². The van der Waals surface area contributed by atoms with Gasteiger partial charge in [0.05, 0.1) is 0 Å². The number of nitrogens with zero attached hydrogens (tertiary/aromatic N) is 2. The predicted octanol–water partition coefficient (Wildman–Crippen LogP) is 2.45. The second kappa shape index (κ2) is 9.16. The SMILES string of the molecule is Cc1cccnc1C(=O)N(C)C1CCCNCC1.Cl.Cl. The molecule has 0 aliphatic carbocycles. The van der Waals surface area contributed by atoms with Gasteiger partial charge in [-0.15, -0.1) is 24.8 Å². The molecule has 0 saturated carbocycles. The molecule has 0 aromatic carbocycles. The number of hydrogen-bond acceptors (Lipinski definition) is 3. The highest BCUT2D eigenvalue weighted by Gasteiger charge is 2.23. The molecule has 1 aromatic heterocycles. The lowest BCUT2D eigenvalue weighted by Crippen LogP contribution is -2.38. The van der Waals surface area contributed by atoms with Crippen molar-refractivity contribution in [2.75, 3.05) is 20.1 Å². The highest BCUT2D eigenvalue weighted by Crippen LogP contribution is 2.15. The van der Waals surface area contributed by atoms with Crippen LogP contribution >= 0.6 is 24.8 Å². The van der Waals surface area contributed by atoms with Gasteiger partial charge in [-0.3, -0.25) is 9.78 Å². The summed E-state index contributed by atoms with van der Waals surface area (Å²) in [4.78, 5) is 18.5. The second-order valence-corrected chi connectivity index (χ2v) is 4.92. The summed E-state index contributed by atoms with van der Waals surface area (Å²) in [7, 11) is 1.90. The van der Waals surface area contributed by atoms with Gasteiger partial charge in [0.15, 0.2) is 0 Å². The van der Waals surface area contributed by atoms with E-state index in [-0.39, 0.29) is 30.7 Å². The number of carbonyl (C=O) groups excluding carboxylic acids is 1. The third-order valence-corrected chi connectivity index (χ3v) is 3.63. The maximum atomic E-state index is 12.4. The molecule has 4 nitrogen and oxygen atoms in total. The van der Waals surface area contributed by atoms with E-state index in [1.807, 2.05) is 31.0 Å². The van der Waals surface area contributed by atoms with E-state index in [0.29, 0.717) is 11.7 Å². The summed E-state index contributed by atoms with van der Waals surface area (Å²) in [6.45, 7) is 3.98. The average Bonchev–Trinajstić information content (AvgIpc) is 2.66. The van der Waals surface area contributed by atoms with Gasteiger partial charge in [0.25, 0.3) is 5.91 Å². The van der Waals surface area contributed by atoms with Crippen molar-refractivity contribution in [1.82, 2.24) is 15.2 Å². The summed E-state index contributed by atoms with van der Waals surface area (Å²) in [5.74, 6) is 0.0417. The van der Waals surface area contributed by atoms with Crippen LogP contribution in [0.5, 0.6) is 0 Å². The Kier molecular flexibility index (Phi) is 8.78. The number of hydrogen-bond donors (Lipinski definition) is 1. The predicted molar refractivity (Wildman–Crippen MR) is 86.1 cm³/mol. The number of amides is 1. The minimum Gasteiger partial charge on any atom is -0.337 e. The molecule has 1 N–H and O–H groups in total. The standard InChI is InChI=1S/C14H21N3O.2ClH/c1-11-5-3-9-16-13(11)14(18)17(2)12-6-4-8-15-10-7-12;;/h3,5,9,12,15H,4,6-8,10H2,1-2H3;2*1H. The van der Waals surface area contributed by atoms with Crippen molar-refractivity contribution >= 4 is 30.7 Å². The first-order valence-electron chi connectivity index (χ1n) is 6.59. The largest absolute Gasteiger partial charge is 0.337 e. The summed E-state index contributed by atoms with van der Waals surface area (Å²) in [5.41, 5.74) is 1.53. The summed E-state index contributed by atoms with van der Waals surface area (Å²) in [6.07, 6.45) is 4.90. The smallest absolute Gasteiger partial charge is 0.272 e. The van der Waals surface area contributed by atoms with Gasteiger partial charge in [0.2, 0.25) is 0 Å². The second-order valence-electron chi connectivity index (χ2n) is 4.92. The molecule has 0 bridgehead atoms. The molecule has 1 aliphatic rings. The number of aromatic nitrogens is 1. The quantitative estimate of drug-likeness (QED) is 0.910. The molecule has 1 amide bonds. The first-order valence-corrected chi connectivity index (χ1v) is 6.59. The van der Waals surface area contributed by atoms with E-state index in [9.17, 15) is 4.79 Å². The number of nitrogens with one attached hydrogen (secondary N) is 1. The molecule has 1 aliphatic heterocycles. The van der Waals surface area contributed by atoms with Crippen LogP contribution in [0, 0.1) is 6.92 Å². The van der Waals surface area contributed by atoms with Crippen LogP contribution in [-0.4, -0.2) is 42.0 Å². The molecule has 114 valence electrons. The molecule has 1 unspecified atom stereocenters. The molecule has 1 saturated heterocycles. The monoisotopic (exact) mass is 319 g/mol. The van der Waals surface area contributed by atoms with Gasteiger partial charge in [-0.25, -0.2) is 0 Å². The highest BCUT2D eigenvalue weighted by molar-refractivity contribution is 5.93. The van der Waals surface area contributed by atoms with Crippen LogP contribution < -0.4 is 5.32 Å². The number of halogens is 2. The van der Waals surface area contributed by atoms with E-state index in [1.54, 1.807) is 6.20 Å². The number of pyridine rings is 1. The molecule has 2 rings (SSSR count). The van der Waals surface area contributed by atoms with Crippen LogP contribution in [0.1, 0.15) is 35.3 Å². The Labute approximate surface area is 133 Å². The zero-order valence-electron chi connectivity index (χ0n) is 12.0. The fourth-order valence-corrected chi connectivity index (χ4v) is 2.43. The minimum atomic E-state index is 0. The number of rotatable bonds is 2. The third kappa shape index (κ3) is 4.62. The molecule has 6 heteroatoms. The summed E-state index contributed by atoms with van der Waals surface area (Å²) >= 11 is 0. The minimum absolute atomic E-state index is 0. The first kappa shape index (κ1) is 19.2. The number of aryl methyl sites for hydroxylation is 1. The van der Waals surface area contributed by atoms with Crippen LogP contribution in [0.4, 0.5) is 0 Å². The van der Waals surface area contributed by atoms with Crippen LogP contribution in [0.2, 0.25) is 0 Å². The Morgan fingerprint density at radius 3 is 2.80 bits per heavy atom. The zero-order valence-corrected chi connectivity index (χ0v) is 13.6. The molecule has 2 heterocycles. The Morgan fingerprint density at radius 2 is 2.10 bits per heavy atom. The first-order chi connectivity index (χ1) is 8.70. The molecule has 1 atom stereocenters. The van der Waals surface area contributed by atoms with Gasteiger partial charge in [-0.05, 0) is 50.9 Å². The van der Waals surface area contributed by atoms with E-state index in [2.05, 4.69) is 10.3 Å². The van der Waals surface area contributed by atoms with Crippen LogP contribution in [0.15, 0.2) is 18.3 Å². The van der Waals surface area contributed by atoms with Crippen molar-refractivity contribution in [2.45, 2.75) is 32.2 Å². The molecular weight excluding hydrogens is 297 g/mol. The van der Waals surface area contributed by atoms with Crippen molar-refractivity contribution in [1.29, 1.82) is 0 Å². The maximum absolute atomic E-state index is 12.4. The van der Waals surface area contributed by atoms with Crippen LogP contribution in [0.25, 0.3) is 0 Å². The normalized spacial score (nSPS) is 18.2. The Balaban J connectivity index is 0.00000180. The lowest BCUT2D eigenvalue weighted by atomic mass is 10.1. The van der Waals surface area contributed by atoms with Crippen LogP contribution in [-0.2, 0) is 0 Å². The molecule has 0 radical (unpaired) electrons. The van der Waals surface area contributed by atoms with E-state index < -0.39 is 0 Å². The van der Waals surface area contributed by atoms with Crippen molar-refractivity contribution in [2.24, 2.45) is 0 Å². The Morgan fingerprint density at radius 1 is 1.35 bits per heavy atom. The van der Waals surface area contributed by atoms with Gasteiger partial charge >= 0.3 is 0 Å². The lowest BCUT2D eigenvalue weighted by molar-refractivity contribution is 0.0713. The topological polar surface area (TPSA) is 45.2 Å². The number of carbonyl (C=O) groups is 1. The summed E-state index contributed by atoms with van der Waals surface area (Å²) < 4.78 is 0. The maximum Gasteiger partial charge on any atom is 0.272 e. The summed E-state index contributed by atoms with van der Waals surface area (Å²) in [5, 5.41) is 3.37. The van der Waals surface area contributed by atoms with Gasteiger partial charge < -0.3 is 10.2 Å². The highest BCUT2D eigenvalue weighted by atomic mass is 35.5. The van der Waals surface area contributed by atoms with E-state index >= 15 is 0 Å². The molecule has 0 spiro atoms. The molecular formula is C14H23Cl2N3O. The van der Waals surface area contributed by atoms with Gasteiger partial charge in [-0.1, -0.05) is 6.07 Å². The molecule has 20 heavy (non-hydrogen) atoms. The van der Waals surface area contributed by atoms with Crippen molar-refractivity contribution < 1.29 is 4.79 Å².